The Bertz CT molecular complexity index is 1260. The molecule has 2 aromatic heterocycles. The number of alkyl halides is 3. The quantitative estimate of drug-likeness (QED) is 0.512. The van der Waals surface area contributed by atoms with Crippen LogP contribution in [0.15, 0.2) is 52.9 Å². The van der Waals surface area contributed by atoms with Crippen LogP contribution in [-0.2, 0) is 0 Å². The van der Waals surface area contributed by atoms with E-state index >= 15 is 4.39 Å². The van der Waals surface area contributed by atoms with E-state index in [1.807, 2.05) is 0 Å². The van der Waals surface area contributed by atoms with E-state index in [-0.39, 0.29) is 18.0 Å². The van der Waals surface area contributed by atoms with Crippen LogP contribution in [-0.4, -0.2) is 49.4 Å². The van der Waals surface area contributed by atoms with E-state index in [4.69, 9.17) is 16.6 Å². The molecule has 2 aliphatic heterocycles. The number of halogens is 5. The summed E-state index contributed by atoms with van der Waals surface area (Å²) in [5.74, 6) is -0.183. The lowest BCUT2D eigenvalue weighted by Crippen LogP contribution is -2.37. The number of aliphatic hydroxyl groups is 1. The molecule has 0 amide bonds. The third-order valence-electron chi connectivity index (χ3n) is 5.62. The first-order valence-corrected chi connectivity index (χ1v) is 11.1. The summed E-state index contributed by atoms with van der Waals surface area (Å²) in [5.41, 5.74) is -0.405. The number of benzene rings is 1. The van der Waals surface area contributed by atoms with Gasteiger partial charge < -0.3 is 10.0 Å². The van der Waals surface area contributed by atoms with Gasteiger partial charge >= 0.3 is 6.55 Å². The Hall–Kier alpha value is -2.76. The van der Waals surface area contributed by atoms with Gasteiger partial charge in [0.2, 0.25) is 0 Å². The Kier molecular flexibility index (Phi) is 5.50. The van der Waals surface area contributed by atoms with Crippen LogP contribution in [0, 0.1) is 5.82 Å². The molecule has 1 N–H and O–H groups in total. The van der Waals surface area contributed by atoms with Gasteiger partial charge in [-0.15, -0.1) is 11.3 Å². The Balaban J connectivity index is 1.76. The van der Waals surface area contributed by atoms with E-state index in [1.165, 1.54) is 29.7 Å². The minimum atomic E-state index is -2.87. The molecular formula is C21H16ClF4N5OS. The molecule has 0 saturated carbocycles. The van der Waals surface area contributed by atoms with E-state index < -0.39 is 30.7 Å². The average Bonchev–Trinajstić information content (AvgIpc) is 3.52. The van der Waals surface area contributed by atoms with Crippen LogP contribution >= 0.6 is 22.9 Å². The molecule has 1 saturated heterocycles. The number of hydrogen-bond donors (Lipinski definition) is 1. The van der Waals surface area contributed by atoms with Gasteiger partial charge in [-0.3, -0.25) is 4.99 Å². The number of aliphatic hydroxyl groups excluding tert-OH is 1. The van der Waals surface area contributed by atoms with E-state index in [9.17, 15) is 18.3 Å². The molecule has 0 radical (unpaired) electrons. The molecule has 1 aromatic carbocycles. The molecule has 2 aliphatic rings. The van der Waals surface area contributed by atoms with Crippen molar-refractivity contribution in [3.63, 3.8) is 0 Å². The molecule has 2 atom stereocenters. The summed E-state index contributed by atoms with van der Waals surface area (Å²) in [6, 6.07) is 2.95. The lowest BCUT2D eigenvalue weighted by Gasteiger charge is -2.32. The summed E-state index contributed by atoms with van der Waals surface area (Å²) in [4.78, 5) is 10.7. The highest BCUT2D eigenvalue weighted by Crippen LogP contribution is 2.49. The molecule has 0 unspecified atom stereocenters. The molecule has 12 heteroatoms. The number of amidine groups is 1. The first kappa shape index (κ1) is 22.1. The van der Waals surface area contributed by atoms with E-state index in [2.05, 4.69) is 10.1 Å². The lowest BCUT2D eigenvalue weighted by atomic mass is 9.90. The first-order chi connectivity index (χ1) is 15.8. The van der Waals surface area contributed by atoms with Crippen molar-refractivity contribution in [3.8, 4) is 0 Å². The monoisotopic (exact) mass is 497 g/mol. The maximum Gasteiger partial charge on any atom is 0.333 e. The Morgan fingerprint density at radius 2 is 2.15 bits per heavy atom. The SMILES string of the molecule is OC[C@]1(F)CC2=C(c3cnn(C(F)F)c3)[C@H](c3ccc(F)cc3Cl)N=C(c3nccs3)N2C1. The van der Waals surface area contributed by atoms with Gasteiger partial charge in [0.1, 0.15) is 11.9 Å². The second-order valence-corrected chi connectivity index (χ2v) is 9.08. The molecule has 1 fully saturated rings. The summed E-state index contributed by atoms with van der Waals surface area (Å²) in [5, 5.41) is 15.8. The number of aliphatic imine (C=N–C) groups is 1. The van der Waals surface area contributed by atoms with Gasteiger partial charge in [-0.1, -0.05) is 17.7 Å². The summed E-state index contributed by atoms with van der Waals surface area (Å²) < 4.78 is 56.2. The van der Waals surface area contributed by atoms with Crippen LogP contribution in [0.2, 0.25) is 5.02 Å². The predicted molar refractivity (Wildman–Crippen MR) is 115 cm³/mol. The summed E-state index contributed by atoms with van der Waals surface area (Å²) in [6.45, 7) is -3.79. The predicted octanol–water partition coefficient (Wildman–Crippen LogP) is 4.85. The lowest BCUT2D eigenvalue weighted by molar-refractivity contribution is 0.0566. The van der Waals surface area contributed by atoms with Gasteiger partial charge in [0.15, 0.2) is 16.5 Å². The maximum atomic E-state index is 15.4. The van der Waals surface area contributed by atoms with Gasteiger partial charge in [0, 0.05) is 46.1 Å². The van der Waals surface area contributed by atoms with E-state index in [0.29, 0.717) is 37.9 Å². The maximum absolute atomic E-state index is 15.4. The second-order valence-electron chi connectivity index (χ2n) is 7.78. The Morgan fingerprint density at radius 1 is 1.33 bits per heavy atom. The highest BCUT2D eigenvalue weighted by atomic mass is 35.5. The van der Waals surface area contributed by atoms with Crippen molar-refractivity contribution < 1.29 is 22.7 Å². The highest BCUT2D eigenvalue weighted by molar-refractivity contribution is 7.11. The number of aromatic nitrogens is 3. The molecule has 0 spiro atoms. The molecule has 5 rings (SSSR count). The van der Waals surface area contributed by atoms with Crippen molar-refractivity contribution in [2.45, 2.75) is 24.7 Å². The van der Waals surface area contributed by atoms with Crippen LogP contribution in [0.3, 0.4) is 0 Å². The number of fused-ring (bicyclic) bond motifs is 1. The van der Waals surface area contributed by atoms with Gasteiger partial charge in [-0.2, -0.15) is 13.9 Å². The van der Waals surface area contributed by atoms with Gasteiger partial charge in [-0.25, -0.2) is 18.4 Å². The topological polar surface area (TPSA) is 66.5 Å². The number of hydrogen-bond acceptors (Lipinski definition) is 6. The molecule has 172 valence electrons. The molecular weight excluding hydrogens is 482 g/mol. The zero-order valence-electron chi connectivity index (χ0n) is 16.8. The zero-order valence-corrected chi connectivity index (χ0v) is 18.4. The van der Waals surface area contributed by atoms with Crippen LogP contribution in [0.25, 0.3) is 5.57 Å². The third kappa shape index (κ3) is 3.83. The second kappa shape index (κ2) is 8.23. The van der Waals surface area contributed by atoms with E-state index in [1.54, 1.807) is 16.5 Å². The fourth-order valence-corrected chi connectivity index (χ4v) is 5.07. The molecule has 0 aliphatic carbocycles. The third-order valence-corrected chi connectivity index (χ3v) is 6.72. The number of thiazole rings is 1. The normalized spacial score (nSPS) is 22.8. The van der Waals surface area contributed by atoms with Crippen molar-refractivity contribution in [2.75, 3.05) is 13.2 Å². The molecule has 4 heterocycles. The van der Waals surface area contributed by atoms with Crippen molar-refractivity contribution in [2.24, 2.45) is 4.99 Å². The first-order valence-electron chi connectivity index (χ1n) is 9.85. The van der Waals surface area contributed by atoms with Crippen molar-refractivity contribution in [1.82, 2.24) is 19.7 Å². The molecule has 6 nitrogen and oxygen atoms in total. The zero-order chi connectivity index (χ0) is 23.3. The standard InChI is InChI=1S/C21H16ClF4N5OS/c22-14-5-12(23)1-2-13(14)17-16(11-7-28-31(8-11)20(24)25)15-6-21(26,10-32)9-30(15)18(29-17)19-27-3-4-33-19/h1-5,7-8,17,20,32H,6,9-10H2/t17-,21-/m0/s1. The van der Waals surface area contributed by atoms with Crippen LogP contribution in [0.1, 0.15) is 35.1 Å². The van der Waals surface area contributed by atoms with Crippen molar-refractivity contribution in [3.05, 3.63) is 74.8 Å². The largest absolute Gasteiger partial charge is 0.393 e. The number of nitrogens with zero attached hydrogens (tertiary/aromatic N) is 5. The number of rotatable bonds is 5. The highest BCUT2D eigenvalue weighted by Gasteiger charge is 2.48. The summed E-state index contributed by atoms with van der Waals surface area (Å²) in [6.07, 6.45) is 3.80. The van der Waals surface area contributed by atoms with Crippen molar-refractivity contribution in [1.29, 1.82) is 0 Å². The van der Waals surface area contributed by atoms with Crippen LogP contribution < -0.4 is 0 Å². The fraction of sp³-hybridized carbons (Fsp3) is 0.286. The molecule has 3 aromatic rings. The average molecular weight is 498 g/mol. The van der Waals surface area contributed by atoms with E-state index in [0.717, 1.165) is 12.3 Å². The smallest absolute Gasteiger partial charge is 0.333 e. The van der Waals surface area contributed by atoms with Crippen molar-refractivity contribution >= 4 is 34.3 Å². The number of allylic oxidation sites excluding steroid dienone is 1. The Labute approximate surface area is 194 Å². The fourth-order valence-electron chi connectivity index (χ4n) is 4.15. The van der Waals surface area contributed by atoms with Crippen LogP contribution in [0.4, 0.5) is 17.6 Å². The molecule has 0 bridgehead atoms. The minimum absolute atomic E-state index is 0.0849. The van der Waals surface area contributed by atoms with Gasteiger partial charge in [0.05, 0.1) is 19.3 Å². The summed E-state index contributed by atoms with van der Waals surface area (Å²) in [7, 11) is 0. The van der Waals surface area contributed by atoms with Gasteiger partial charge in [0.25, 0.3) is 0 Å². The molecule has 33 heavy (non-hydrogen) atoms. The van der Waals surface area contributed by atoms with Crippen LogP contribution in [0.5, 0.6) is 0 Å². The minimum Gasteiger partial charge on any atom is -0.393 e. The van der Waals surface area contributed by atoms with Gasteiger partial charge in [-0.05, 0) is 17.7 Å². The Morgan fingerprint density at radius 3 is 2.79 bits per heavy atom. The summed E-state index contributed by atoms with van der Waals surface area (Å²) >= 11 is 7.65.